The van der Waals surface area contributed by atoms with Gasteiger partial charge in [-0.1, -0.05) is 13.8 Å². The second kappa shape index (κ2) is 5.12. The summed E-state index contributed by atoms with van der Waals surface area (Å²) in [6.07, 6.45) is 5.63. The maximum atomic E-state index is 12.3. The van der Waals surface area contributed by atoms with Gasteiger partial charge < -0.3 is 10.6 Å². The molecule has 0 unspecified atom stereocenters. The van der Waals surface area contributed by atoms with Gasteiger partial charge in [-0.25, -0.2) is 0 Å². The van der Waals surface area contributed by atoms with Crippen LogP contribution in [0.15, 0.2) is 18.2 Å². The molecule has 2 N–H and O–H groups in total. The topological polar surface area (TPSA) is 41.1 Å². The molecule has 0 atom stereocenters. The molecule has 1 aromatic rings. The first-order chi connectivity index (χ1) is 9.53. The van der Waals surface area contributed by atoms with Gasteiger partial charge >= 0.3 is 0 Å². The quantitative estimate of drug-likeness (QED) is 0.867. The molecule has 0 aromatic heterocycles. The van der Waals surface area contributed by atoms with E-state index in [1.54, 1.807) is 0 Å². The minimum absolute atomic E-state index is 0.0874. The molecule has 1 amide bonds. The third kappa shape index (κ3) is 2.82. The SMILES string of the molecule is CC1(C)CCC(NC(=O)c2ccc3c(c2)CCN3)CC1. The van der Waals surface area contributed by atoms with Gasteiger partial charge in [-0.2, -0.15) is 0 Å². The molecule has 1 aliphatic heterocycles. The molecule has 1 fully saturated rings. The van der Waals surface area contributed by atoms with E-state index in [2.05, 4.69) is 24.5 Å². The number of anilines is 1. The summed E-state index contributed by atoms with van der Waals surface area (Å²) in [4.78, 5) is 12.3. The van der Waals surface area contributed by atoms with Crippen LogP contribution in [0.5, 0.6) is 0 Å². The number of carbonyl (C=O) groups is 1. The second-order valence-corrected chi connectivity index (χ2v) is 6.96. The third-order valence-electron chi connectivity index (χ3n) is 4.75. The molecule has 0 radical (unpaired) electrons. The lowest BCUT2D eigenvalue weighted by atomic mass is 9.75. The van der Waals surface area contributed by atoms with Crippen molar-refractivity contribution in [3.05, 3.63) is 29.3 Å². The van der Waals surface area contributed by atoms with Crippen molar-refractivity contribution in [1.82, 2.24) is 5.32 Å². The Kier molecular flexibility index (Phi) is 3.45. The van der Waals surface area contributed by atoms with Gasteiger partial charge in [0.1, 0.15) is 0 Å². The minimum Gasteiger partial charge on any atom is -0.384 e. The number of rotatable bonds is 2. The fraction of sp³-hybridized carbons (Fsp3) is 0.588. The zero-order chi connectivity index (χ0) is 14.2. The highest BCUT2D eigenvalue weighted by atomic mass is 16.1. The van der Waals surface area contributed by atoms with Crippen LogP contribution in [0.1, 0.15) is 55.5 Å². The summed E-state index contributed by atoms with van der Waals surface area (Å²) < 4.78 is 0. The van der Waals surface area contributed by atoms with Gasteiger partial charge in [0.25, 0.3) is 5.91 Å². The number of hydrogen-bond donors (Lipinski definition) is 2. The molecular weight excluding hydrogens is 248 g/mol. The average Bonchev–Trinajstić information content (AvgIpc) is 2.88. The normalized spacial score (nSPS) is 21.1. The zero-order valence-corrected chi connectivity index (χ0v) is 12.5. The number of nitrogens with one attached hydrogen (secondary N) is 2. The number of amides is 1. The summed E-state index contributed by atoms with van der Waals surface area (Å²) in [6.45, 7) is 5.62. The van der Waals surface area contributed by atoms with E-state index in [0.717, 1.165) is 31.4 Å². The van der Waals surface area contributed by atoms with Crippen LogP contribution in [0.3, 0.4) is 0 Å². The maximum Gasteiger partial charge on any atom is 0.251 e. The predicted molar refractivity (Wildman–Crippen MR) is 82.1 cm³/mol. The summed E-state index contributed by atoms with van der Waals surface area (Å²) in [5.41, 5.74) is 3.70. The van der Waals surface area contributed by atoms with E-state index in [9.17, 15) is 4.79 Å². The molecule has 20 heavy (non-hydrogen) atoms. The fourth-order valence-corrected chi connectivity index (χ4v) is 3.26. The van der Waals surface area contributed by atoms with E-state index in [-0.39, 0.29) is 5.91 Å². The highest BCUT2D eigenvalue weighted by molar-refractivity contribution is 5.95. The second-order valence-electron chi connectivity index (χ2n) is 6.96. The van der Waals surface area contributed by atoms with Gasteiger partial charge in [0.15, 0.2) is 0 Å². The first-order valence-electron chi connectivity index (χ1n) is 7.71. The van der Waals surface area contributed by atoms with Gasteiger partial charge in [0, 0.05) is 23.8 Å². The summed E-state index contributed by atoms with van der Waals surface area (Å²) >= 11 is 0. The summed E-state index contributed by atoms with van der Waals surface area (Å²) in [5.74, 6) is 0.0874. The van der Waals surface area contributed by atoms with Crippen LogP contribution in [0, 0.1) is 5.41 Å². The van der Waals surface area contributed by atoms with Gasteiger partial charge in [0.05, 0.1) is 0 Å². The van der Waals surface area contributed by atoms with E-state index in [0.29, 0.717) is 11.5 Å². The van der Waals surface area contributed by atoms with Crippen molar-refractivity contribution in [3.63, 3.8) is 0 Å². The van der Waals surface area contributed by atoms with Crippen LogP contribution in [-0.2, 0) is 6.42 Å². The lowest BCUT2D eigenvalue weighted by Crippen LogP contribution is -2.39. The Hall–Kier alpha value is -1.51. The van der Waals surface area contributed by atoms with Crippen molar-refractivity contribution in [2.75, 3.05) is 11.9 Å². The number of benzene rings is 1. The molecule has 1 heterocycles. The van der Waals surface area contributed by atoms with E-state index in [1.807, 2.05) is 18.2 Å². The monoisotopic (exact) mass is 272 g/mol. The lowest BCUT2D eigenvalue weighted by molar-refractivity contribution is 0.0909. The maximum absolute atomic E-state index is 12.3. The van der Waals surface area contributed by atoms with Crippen molar-refractivity contribution < 1.29 is 4.79 Å². The zero-order valence-electron chi connectivity index (χ0n) is 12.5. The van der Waals surface area contributed by atoms with Crippen molar-refractivity contribution in [2.45, 2.75) is 52.0 Å². The number of carbonyl (C=O) groups excluding carboxylic acids is 1. The summed E-state index contributed by atoms with van der Waals surface area (Å²) in [6, 6.07) is 6.35. The first-order valence-corrected chi connectivity index (χ1v) is 7.71. The summed E-state index contributed by atoms with van der Waals surface area (Å²) in [5, 5.41) is 6.53. The van der Waals surface area contributed by atoms with E-state index < -0.39 is 0 Å². The Morgan fingerprint density at radius 1 is 1.30 bits per heavy atom. The van der Waals surface area contributed by atoms with E-state index >= 15 is 0 Å². The van der Waals surface area contributed by atoms with Gasteiger partial charge in [-0.15, -0.1) is 0 Å². The highest BCUT2D eigenvalue weighted by Gasteiger charge is 2.27. The van der Waals surface area contributed by atoms with Crippen LogP contribution < -0.4 is 10.6 Å². The van der Waals surface area contributed by atoms with Gasteiger partial charge in [-0.05, 0) is 61.3 Å². The molecule has 2 aliphatic rings. The Morgan fingerprint density at radius 2 is 2.05 bits per heavy atom. The number of fused-ring (bicyclic) bond motifs is 1. The van der Waals surface area contributed by atoms with Crippen molar-refractivity contribution in [3.8, 4) is 0 Å². The lowest BCUT2D eigenvalue weighted by Gasteiger charge is -2.34. The smallest absolute Gasteiger partial charge is 0.251 e. The molecule has 3 rings (SSSR count). The highest BCUT2D eigenvalue weighted by Crippen LogP contribution is 2.35. The molecule has 1 aliphatic carbocycles. The minimum atomic E-state index is 0.0874. The Morgan fingerprint density at radius 3 is 2.80 bits per heavy atom. The molecule has 3 nitrogen and oxygen atoms in total. The molecule has 0 saturated heterocycles. The average molecular weight is 272 g/mol. The molecule has 0 spiro atoms. The van der Waals surface area contributed by atoms with Crippen LogP contribution >= 0.6 is 0 Å². The Labute approximate surface area is 121 Å². The van der Waals surface area contributed by atoms with Crippen LogP contribution in [0.4, 0.5) is 5.69 Å². The van der Waals surface area contributed by atoms with Crippen LogP contribution in [0.2, 0.25) is 0 Å². The van der Waals surface area contributed by atoms with E-state index in [4.69, 9.17) is 0 Å². The molecule has 1 aromatic carbocycles. The molecule has 3 heteroatoms. The largest absolute Gasteiger partial charge is 0.384 e. The van der Waals surface area contributed by atoms with Crippen LogP contribution in [0.25, 0.3) is 0 Å². The molecule has 0 bridgehead atoms. The fourth-order valence-electron chi connectivity index (χ4n) is 3.26. The first kappa shape index (κ1) is 13.5. The standard InChI is InChI=1S/C17H24N2O/c1-17(2)8-5-14(6-9-17)19-16(20)13-3-4-15-12(11-13)7-10-18-15/h3-4,11,14,18H,5-10H2,1-2H3,(H,19,20). The Balaban J connectivity index is 1.62. The van der Waals surface area contributed by atoms with Gasteiger partial charge in [-0.3, -0.25) is 4.79 Å². The third-order valence-corrected chi connectivity index (χ3v) is 4.75. The molecule has 1 saturated carbocycles. The van der Waals surface area contributed by atoms with Crippen molar-refractivity contribution in [2.24, 2.45) is 5.41 Å². The van der Waals surface area contributed by atoms with Crippen molar-refractivity contribution in [1.29, 1.82) is 0 Å². The number of hydrogen-bond acceptors (Lipinski definition) is 2. The van der Waals surface area contributed by atoms with Crippen molar-refractivity contribution >= 4 is 11.6 Å². The molecular formula is C17H24N2O. The van der Waals surface area contributed by atoms with Crippen LogP contribution in [-0.4, -0.2) is 18.5 Å². The summed E-state index contributed by atoms with van der Waals surface area (Å²) in [7, 11) is 0. The van der Waals surface area contributed by atoms with Gasteiger partial charge in [0.2, 0.25) is 0 Å². The predicted octanol–water partition coefficient (Wildman–Crippen LogP) is 3.35. The molecule has 108 valence electrons. The van der Waals surface area contributed by atoms with E-state index in [1.165, 1.54) is 24.1 Å². The Bertz CT molecular complexity index is 512.